The minimum atomic E-state index is -0.158. The molecule has 0 bridgehead atoms. The summed E-state index contributed by atoms with van der Waals surface area (Å²) >= 11 is 0. The summed E-state index contributed by atoms with van der Waals surface area (Å²) in [4.78, 5) is 0. The zero-order valence-electron chi connectivity index (χ0n) is 15.2. The van der Waals surface area contributed by atoms with E-state index in [-0.39, 0.29) is 68.9 Å². The molecule has 0 saturated heterocycles. The van der Waals surface area contributed by atoms with Crippen LogP contribution in [0, 0.1) is 12.3 Å². The van der Waals surface area contributed by atoms with E-state index in [2.05, 4.69) is 27.7 Å². The third kappa shape index (κ3) is 9.40. The van der Waals surface area contributed by atoms with E-state index in [0.717, 1.165) is 11.1 Å². The molecule has 0 spiro atoms. The molecule has 0 aliphatic rings. The van der Waals surface area contributed by atoms with Crippen molar-refractivity contribution in [1.82, 2.24) is 15.4 Å². The number of rotatable bonds is 0. The van der Waals surface area contributed by atoms with Gasteiger partial charge in [-0.05, 0) is 0 Å². The van der Waals surface area contributed by atoms with Gasteiger partial charge in [-0.2, -0.15) is 12.1 Å². The van der Waals surface area contributed by atoms with E-state index in [1.54, 1.807) is 6.07 Å². The fraction of sp³-hybridized carbons (Fsp3) is 0.471. The van der Waals surface area contributed by atoms with Gasteiger partial charge in [0.2, 0.25) is 0 Å². The zero-order valence-corrected chi connectivity index (χ0v) is 18.3. The summed E-state index contributed by atoms with van der Waals surface area (Å²) < 4.78 is 0. The second-order valence-corrected chi connectivity index (χ2v) is 7.04. The molecular weight excluding hydrogens is 397 g/mol. The van der Waals surface area contributed by atoms with E-state index in [0.29, 0.717) is 0 Å². The summed E-state index contributed by atoms with van der Waals surface area (Å²) in [6.07, 6.45) is 3.99. The molecule has 2 rings (SSSR count). The van der Waals surface area contributed by atoms with Gasteiger partial charge >= 0.3 is 21.7 Å². The maximum absolute atomic E-state index is 9.80. The summed E-state index contributed by atoms with van der Waals surface area (Å²) in [6.45, 7) is 12.2. The maximum atomic E-state index is 9.80. The van der Waals surface area contributed by atoms with Crippen molar-refractivity contribution in [1.29, 1.82) is 0 Å². The standard InChI is InChI=1S/C14H21O2.C3H2N3.2ClH.Ti/c1-13(2,3)9-7-10(14(4,5)6)12(16)8-11(9)15;1-2-4-6-5-3-1;;;/h7,15-16H,1-6H3;1-2H;2*1H;/q2*-1;;;+4/p-2. The molecule has 0 amide bonds. The molecule has 0 fully saturated rings. The maximum Gasteiger partial charge on any atom is 4.00 e. The van der Waals surface area contributed by atoms with Gasteiger partial charge in [0.05, 0.1) is 0 Å². The Balaban J connectivity index is -0.000000461. The summed E-state index contributed by atoms with van der Waals surface area (Å²) in [7, 11) is 0. The topological polar surface area (TPSA) is 79.1 Å². The molecule has 0 aliphatic heterocycles. The van der Waals surface area contributed by atoms with Crippen molar-refractivity contribution in [3.63, 3.8) is 0 Å². The predicted molar refractivity (Wildman–Crippen MR) is 84.7 cm³/mol. The molecule has 0 unspecified atom stereocenters. The van der Waals surface area contributed by atoms with Crippen LogP contribution in [-0.4, -0.2) is 25.6 Å². The summed E-state index contributed by atoms with van der Waals surface area (Å²) in [5.41, 5.74) is 1.31. The van der Waals surface area contributed by atoms with Crippen molar-refractivity contribution in [3.05, 3.63) is 41.7 Å². The molecule has 0 saturated carbocycles. The van der Waals surface area contributed by atoms with Crippen molar-refractivity contribution >= 4 is 0 Å². The van der Waals surface area contributed by atoms with Crippen LogP contribution in [0.25, 0.3) is 0 Å². The van der Waals surface area contributed by atoms with Crippen molar-refractivity contribution in [3.8, 4) is 11.5 Å². The van der Waals surface area contributed by atoms with Gasteiger partial charge < -0.3 is 35.0 Å². The van der Waals surface area contributed by atoms with Crippen LogP contribution < -0.4 is 24.8 Å². The van der Waals surface area contributed by atoms with Crippen molar-refractivity contribution in [2.24, 2.45) is 0 Å². The average Bonchev–Trinajstić information content (AvgIpc) is 2.38. The molecule has 25 heavy (non-hydrogen) atoms. The normalized spacial score (nSPS) is 10.2. The predicted octanol–water partition coefficient (Wildman–Crippen LogP) is -2.83. The van der Waals surface area contributed by atoms with E-state index in [1.165, 1.54) is 6.20 Å². The number of nitrogens with zero attached hydrogens (tertiary/aromatic N) is 3. The Morgan fingerprint density at radius 2 is 1.32 bits per heavy atom. The zero-order chi connectivity index (χ0) is 17.0. The number of benzene rings is 1. The molecule has 8 heteroatoms. The van der Waals surface area contributed by atoms with E-state index in [4.69, 9.17) is 0 Å². The van der Waals surface area contributed by atoms with Gasteiger partial charge in [-0.15, -0.1) is 17.3 Å². The first-order valence-electron chi connectivity index (χ1n) is 7.03. The van der Waals surface area contributed by atoms with Crippen LogP contribution in [0.5, 0.6) is 11.5 Å². The number of hydrogen-bond donors (Lipinski definition) is 2. The van der Waals surface area contributed by atoms with Crippen LogP contribution >= 0.6 is 0 Å². The number of aromatic nitrogens is 3. The second kappa shape index (κ2) is 11.7. The molecule has 5 nitrogen and oxygen atoms in total. The first-order valence-corrected chi connectivity index (χ1v) is 7.03. The molecule has 136 valence electrons. The van der Waals surface area contributed by atoms with Gasteiger partial charge in [0.1, 0.15) is 0 Å². The monoisotopic (exact) mass is 419 g/mol. The van der Waals surface area contributed by atoms with Crippen LogP contribution in [0.3, 0.4) is 0 Å². The van der Waals surface area contributed by atoms with Crippen LogP contribution in [0.15, 0.2) is 18.3 Å². The van der Waals surface area contributed by atoms with Crippen molar-refractivity contribution < 1.29 is 56.7 Å². The molecule has 0 atom stereocenters. The molecule has 0 aliphatic carbocycles. The molecule has 1 aromatic heterocycles. The Morgan fingerprint density at radius 1 is 0.880 bits per heavy atom. The van der Waals surface area contributed by atoms with Crippen LogP contribution in [0.1, 0.15) is 52.7 Å². The SMILES string of the molecule is CC(C)(C)c1cc(C(C)(C)C)c(O)[c-]c1O.[Cl-].[Cl-].[Ti+4].[c-]1ccnnn1. The number of phenols is 2. The van der Waals surface area contributed by atoms with Crippen molar-refractivity contribution in [2.75, 3.05) is 0 Å². The number of halogens is 2. The minimum absolute atomic E-state index is 0. The van der Waals surface area contributed by atoms with Gasteiger partial charge in [0.25, 0.3) is 0 Å². The number of aromatic hydroxyl groups is 2. The molecular formula is C17H23Cl2N3O2Ti. The van der Waals surface area contributed by atoms with Gasteiger partial charge in [-0.1, -0.05) is 69.8 Å². The number of phenolic OH excluding ortho intramolecular Hbond substituents is 2. The smallest absolute Gasteiger partial charge is 1.00 e. The summed E-state index contributed by atoms with van der Waals surface area (Å²) in [6, 6.07) is 6.10. The largest absolute Gasteiger partial charge is 4.00 e. The van der Waals surface area contributed by atoms with Gasteiger partial charge in [-0.3, -0.25) is 0 Å². The first kappa shape index (κ1) is 28.9. The third-order valence-electron chi connectivity index (χ3n) is 3.02. The Labute approximate surface area is 177 Å². The molecule has 2 aromatic rings. The van der Waals surface area contributed by atoms with E-state index < -0.39 is 0 Å². The average molecular weight is 420 g/mol. The van der Waals surface area contributed by atoms with Gasteiger partial charge in [0, 0.05) is 11.5 Å². The quantitative estimate of drug-likeness (QED) is 0.355. The van der Waals surface area contributed by atoms with Crippen LogP contribution in [0.4, 0.5) is 0 Å². The molecule has 2 N–H and O–H groups in total. The summed E-state index contributed by atoms with van der Waals surface area (Å²) in [5, 5.41) is 29.5. The second-order valence-electron chi connectivity index (χ2n) is 7.04. The fourth-order valence-electron chi connectivity index (χ4n) is 1.85. The Morgan fingerprint density at radius 3 is 1.52 bits per heavy atom. The molecule has 1 heterocycles. The van der Waals surface area contributed by atoms with E-state index in [1.807, 2.05) is 47.6 Å². The number of hydrogen-bond acceptors (Lipinski definition) is 5. The molecule has 0 radical (unpaired) electrons. The summed E-state index contributed by atoms with van der Waals surface area (Å²) in [5.74, 6) is 0.0796. The van der Waals surface area contributed by atoms with Crippen LogP contribution in [-0.2, 0) is 32.5 Å². The Hall–Kier alpha value is -0.876. The van der Waals surface area contributed by atoms with E-state index >= 15 is 0 Å². The van der Waals surface area contributed by atoms with Crippen molar-refractivity contribution in [2.45, 2.75) is 52.4 Å². The third-order valence-corrected chi connectivity index (χ3v) is 3.02. The molecule has 1 aromatic carbocycles. The van der Waals surface area contributed by atoms with Gasteiger partial charge in [0.15, 0.2) is 0 Å². The Kier molecular flexibility index (Phi) is 13.5. The first-order chi connectivity index (χ1) is 10.0. The van der Waals surface area contributed by atoms with Crippen LogP contribution in [0.2, 0.25) is 0 Å². The fourth-order valence-corrected chi connectivity index (χ4v) is 1.85. The van der Waals surface area contributed by atoms with Gasteiger partial charge in [-0.25, -0.2) is 10.2 Å². The Bertz CT molecular complexity index is 554. The van der Waals surface area contributed by atoms with E-state index in [9.17, 15) is 10.2 Å². The minimum Gasteiger partial charge on any atom is -1.00 e.